The summed E-state index contributed by atoms with van der Waals surface area (Å²) in [7, 11) is 1.49. The molecule has 0 aromatic carbocycles. The highest BCUT2D eigenvalue weighted by molar-refractivity contribution is 5.92. The van der Waals surface area contributed by atoms with Crippen molar-refractivity contribution < 1.29 is 13.6 Å². The second kappa shape index (κ2) is 6.95. The van der Waals surface area contributed by atoms with Crippen molar-refractivity contribution in [2.75, 3.05) is 0 Å². The van der Waals surface area contributed by atoms with Crippen LogP contribution in [-0.2, 0) is 13.6 Å². The molecule has 0 aliphatic rings. The molecule has 8 nitrogen and oxygen atoms in total. The number of hydrogen-bond acceptors (Lipinski definition) is 5. The molecule has 0 unspecified atom stereocenters. The highest BCUT2D eigenvalue weighted by Crippen LogP contribution is 2.12. The molecule has 0 fully saturated rings. The van der Waals surface area contributed by atoms with Gasteiger partial charge in [0.1, 0.15) is 5.76 Å². The van der Waals surface area contributed by atoms with Crippen molar-refractivity contribution in [3.63, 3.8) is 0 Å². The molecule has 0 spiro atoms. The number of nitrogens with zero attached hydrogens (tertiary/aromatic N) is 5. The molecule has 0 aliphatic heterocycles. The second-order valence-electron chi connectivity index (χ2n) is 5.96. The molecule has 0 aliphatic carbocycles. The van der Waals surface area contributed by atoms with Crippen LogP contribution >= 0.6 is 0 Å². The number of aromatic nitrogens is 4. The molecule has 9 heteroatoms. The van der Waals surface area contributed by atoms with E-state index in [9.17, 15) is 9.18 Å². The van der Waals surface area contributed by atoms with Gasteiger partial charge in [-0.2, -0.15) is 19.7 Å². The van der Waals surface area contributed by atoms with E-state index in [1.54, 1.807) is 23.7 Å². The van der Waals surface area contributed by atoms with Gasteiger partial charge in [-0.1, -0.05) is 0 Å². The minimum atomic E-state index is -0.525. The number of hydrogen-bond donors (Lipinski definition) is 1. The maximum Gasteiger partial charge on any atom is 0.307 e. The first-order chi connectivity index (χ1) is 12.3. The van der Waals surface area contributed by atoms with E-state index in [-0.39, 0.29) is 11.3 Å². The Morgan fingerprint density at radius 3 is 2.73 bits per heavy atom. The summed E-state index contributed by atoms with van der Waals surface area (Å²) in [5, 5.41) is 12.0. The average Bonchev–Trinajstić information content (AvgIpc) is 3.23. The Morgan fingerprint density at radius 1 is 1.35 bits per heavy atom. The van der Waals surface area contributed by atoms with Crippen molar-refractivity contribution in [2.24, 2.45) is 12.1 Å². The van der Waals surface area contributed by atoms with Crippen LogP contribution in [-0.4, -0.2) is 31.7 Å². The van der Waals surface area contributed by atoms with E-state index < -0.39 is 11.9 Å². The van der Waals surface area contributed by atoms with Crippen molar-refractivity contribution in [1.29, 1.82) is 0 Å². The summed E-state index contributed by atoms with van der Waals surface area (Å²) in [6.07, 6.45) is 1.22. The minimum absolute atomic E-state index is 0.113. The van der Waals surface area contributed by atoms with Crippen LogP contribution in [0.15, 0.2) is 27.7 Å². The van der Waals surface area contributed by atoms with Gasteiger partial charge in [-0.15, -0.1) is 0 Å². The number of hydrazone groups is 1. The van der Waals surface area contributed by atoms with Gasteiger partial charge in [-0.3, -0.25) is 9.48 Å². The Labute approximate surface area is 149 Å². The van der Waals surface area contributed by atoms with E-state index in [4.69, 9.17) is 4.42 Å². The summed E-state index contributed by atoms with van der Waals surface area (Å²) in [4.78, 5) is 12.1. The van der Waals surface area contributed by atoms with E-state index in [0.717, 1.165) is 16.1 Å². The Balaban J connectivity index is 1.64. The van der Waals surface area contributed by atoms with Gasteiger partial charge in [-0.05, 0) is 39.0 Å². The van der Waals surface area contributed by atoms with Crippen LogP contribution < -0.4 is 5.43 Å². The Morgan fingerprint density at radius 2 is 2.12 bits per heavy atom. The highest BCUT2D eigenvalue weighted by Gasteiger charge is 2.13. The monoisotopic (exact) mass is 358 g/mol. The summed E-state index contributed by atoms with van der Waals surface area (Å²) in [5.74, 6) is -0.338. The van der Waals surface area contributed by atoms with Gasteiger partial charge in [0.15, 0.2) is 5.76 Å². The fourth-order valence-corrected chi connectivity index (χ4v) is 2.57. The summed E-state index contributed by atoms with van der Waals surface area (Å²) in [6, 6.07) is 5.23. The molecule has 0 saturated heterocycles. The molecule has 136 valence electrons. The summed E-state index contributed by atoms with van der Waals surface area (Å²) in [6.45, 7) is 5.94. The Hall–Kier alpha value is -3.23. The molecular weight excluding hydrogens is 339 g/mol. The van der Waals surface area contributed by atoms with Crippen molar-refractivity contribution in [3.8, 4) is 0 Å². The number of rotatable bonds is 5. The lowest BCUT2D eigenvalue weighted by Crippen LogP contribution is -2.17. The third kappa shape index (κ3) is 3.56. The van der Waals surface area contributed by atoms with Crippen molar-refractivity contribution in [3.05, 3.63) is 58.3 Å². The van der Waals surface area contributed by atoms with E-state index >= 15 is 0 Å². The van der Waals surface area contributed by atoms with Crippen LogP contribution in [0.2, 0.25) is 0 Å². The molecule has 0 bridgehead atoms. The number of carbonyl (C=O) groups is 1. The number of nitrogens with one attached hydrogen (secondary N) is 1. The van der Waals surface area contributed by atoms with Crippen LogP contribution in [0.3, 0.4) is 0 Å². The molecule has 0 radical (unpaired) electrons. The summed E-state index contributed by atoms with van der Waals surface area (Å²) < 4.78 is 22.2. The average molecular weight is 358 g/mol. The zero-order valence-electron chi connectivity index (χ0n) is 14.9. The standard InChI is InChI=1S/C17H19FN6O2/c1-10-7-11(2)24(21-10)9-13-5-6-15(26-13)17(25)20-19-8-14-12(3)22-23(4)16(14)18/h5-8H,9H2,1-4H3,(H,20,25)/b19-8+. The van der Waals surface area contributed by atoms with Crippen molar-refractivity contribution in [2.45, 2.75) is 27.3 Å². The molecule has 3 heterocycles. The number of furan rings is 1. The molecule has 3 rings (SSSR count). The molecule has 26 heavy (non-hydrogen) atoms. The van der Waals surface area contributed by atoms with Crippen molar-refractivity contribution >= 4 is 12.1 Å². The second-order valence-corrected chi connectivity index (χ2v) is 5.96. The van der Waals surface area contributed by atoms with Gasteiger partial charge in [0, 0.05) is 12.7 Å². The molecular formula is C17H19FN6O2. The molecule has 0 atom stereocenters. The van der Waals surface area contributed by atoms with Gasteiger partial charge in [0.05, 0.1) is 29.7 Å². The van der Waals surface area contributed by atoms with Gasteiger partial charge >= 0.3 is 5.91 Å². The van der Waals surface area contributed by atoms with E-state index in [0.29, 0.717) is 18.0 Å². The normalized spacial score (nSPS) is 11.4. The van der Waals surface area contributed by atoms with Crippen LogP contribution in [0, 0.1) is 26.7 Å². The quantitative estimate of drug-likeness (QED) is 0.558. The number of aryl methyl sites for hydroxylation is 4. The molecule has 0 saturated carbocycles. The van der Waals surface area contributed by atoms with Gasteiger partial charge < -0.3 is 4.42 Å². The first-order valence-electron chi connectivity index (χ1n) is 7.97. The van der Waals surface area contributed by atoms with Crippen LogP contribution in [0.25, 0.3) is 0 Å². The van der Waals surface area contributed by atoms with Gasteiger partial charge in [-0.25, -0.2) is 10.1 Å². The smallest absolute Gasteiger partial charge is 0.307 e. The van der Waals surface area contributed by atoms with Crippen LogP contribution in [0.1, 0.15) is 39.0 Å². The Kier molecular flexibility index (Phi) is 4.70. The number of carbonyl (C=O) groups excluding carboxylic acids is 1. The van der Waals surface area contributed by atoms with Crippen LogP contribution in [0.4, 0.5) is 4.39 Å². The lowest BCUT2D eigenvalue weighted by atomic mass is 10.3. The first kappa shape index (κ1) is 17.6. The largest absolute Gasteiger partial charge is 0.454 e. The van der Waals surface area contributed by atoms with E-state index in [1.807, 2.05) is 19.9 Å². The van der Waals surface area contributed by atoms with Gasteiger partial charge in [0.2, 0.25) is 5.95 Å². The molecule has 3 aromatic heterocycles. The third-order valence-electron chi connectivity index (χ3n) is 3.85. The Bertz CT molecular complexity index is 982. The number of amides is 1. The molecule has 1 N–H and O–H groups in total. The SMILES string of the molecule is Cc1cc(C)n(Cc2ccc(C(=O)N/N=C/c3c(C)nn(C)c3F)o2)n1. The zero-order valence-corrected chi connectivity index (χ0v) is 14.9. The van der Waals surface area contributed by atoms with Gasteiger partial charge in [0.25, 0.3) is 0 Å². The topological polar surface area (TPSA) is 90.2 Å². The highest BCUT2D eigenvalue weighted by atomic mass is 19.1. The minimum Gasteiger partial charge on any atom is -0.454 e. The summed E-state index contributed by atoms with van der Waals surface area (Å²) >= 11 is 0. The fraction of sp³-hybridized carbons (Fsp3) is 0.294. The van der Waals surface area contributed by atoms with Crippen LogP contribution in [0.5, 0.6) is 0 Å². The van der Waals surface area contributed by atoms with E-state index in [2.05, 4.69) is 20.7 Å². The lowest BCUT2D eigenvalue weighted by molar-refractivity contribution is 0.0925. The van der Waals surface area contributed by atoms with E-state index in [1.165, 1.54) is 13.3 Å². The maximum absolute atomic E-state index is 13.8. The molecule has 1 amide bonds. The predicted octanol–water partition coefficient (Wildman–Crippen LogP) is 2.09. The third-order valence-corrected chi connectivity index (χ3v) is 3.85. The summed E-state index contributed by atoms with van der Waals surface area (Å²) in [5.41, 5.74) is 4.93. The maximum atomic E-state index is 13.8. The zero-order chi connectivity index (χ0) is 18.8. The lowest BCUT2D eigenvalue weighted by Gasteiger charge is -2.01. The predicted molar refractivity (Wildman–Crippen MR) is 92.5 cm³/mol. The number of halogens is 1. The first-order valence-corrected chi connectivity index (χ1v) is 7.97. The van der Waals surface area contributed by atoms with Crippen molar-refractivity contribution in [1.82, 2.24) is 25.0 Å². The fourth-order valence-electron chi connectivity index (χ4n) is 2.57. The molecule has 3 aromatic rings.